The summed E-state index contributed by atoms with van der Waals surface area (Å²) in [6.07, 6.45) is 0. The van der Waals surface area contributed by atoms with Crippen molar-refractivity contribution >= 4 is 0 Å². The molecule has 0 aliphatic carbocycles. The van der Waals surface area contributed by atoms with Gasteiger partial charge in [-0.25, -0.2) is 10.0 Å². The molecular weight excluding hydrogens is 236 g/mol. The van der Waals surface area contributed by atoms with Crippen LogP contribution in [0.25, 0.3) is 0 Å². The van der Waals surface area contributed by atoms with Crippen molar-refractivity contribution in [2.45, 2.75) is 6.92 Å². The SMILES string of the molecule is [CH2]c1ccc(C#CCN(CC)N2CCOCC2)cc1. The van der Waals surface area contributed by atoms with Gasteiger partial charge in [0.05, 0.1) is 19.8 Å². The maximum atomic E-state index is 5.37. The van der Waals surface area contributed by atoms with Crippen LogP contribution >= 0.6 is 0 Å². The smallest absolute Gasteiger partial charge is 0.0748 e. The van der Waals surface area contributed by atoms with Crippen molar-refractivity contribution in [3.63, 3.8) is 0 Å². The number of benzene rings is 1. The van der Waals surface area contributed by atoms with Gasteiger partial charge in [-0.2, -0.15) is 0 Å². The summed E-state index contributed by atoms with van der Waals surface area (Å²) in [6, 6.07) is 8.01. The first-order chi connectivity index (χ1) is 9.29. The van der Waals surface area contributed by atoms with Gasteiger partial charge < -0.3 is 4.74 Å². The van der Waals surface area contributed by atoms with Crippen molar-refractivity contribution in [1.29, 1.82) is 0 Å². The summed E-state index contributed by atoms with van der Waals surface area (Å²) in [5.74, 6) is 6.44. The van der Waals surface area contributed by atoms with Gasteiger partial charge >= 0.3 is 0 Å². The number of morpholine rings is 1. The zero-order valence-electron chi connectivity index (χ0n) is 11.6. The van der Waals surface area contributed by atoms with Crippen molar-refractivity contribution in [1.82, 2.24) is 10.0 Å². The minimum atomic E-state index is 0.766. The van der Waals surface area contributed by atoms with Crippen LogP contribution in [0.3, 0.4) is 0 Å². The minimum Gasteiger partial charge on any atom is -0.379 e. The normalized spacial score (nSPS) is 16.2. The van der Waals surface area contributed by atoms with Crippen LogP contribution in [-0.2, 0) is 4.74 Å². The lowest BCUT2D eigenvalue weighted by molar-refractivity contribution is -0.0802. The Bertz CT molecular complexity index is 438. The zero-order valence-corrected chi connectivity index (χ0v) is 11.6. The predicted molar refractivity (Wildman–Crippen MR) is 77.4 cm³/mol. The number of rotatable bonds is 3. The van der Waals surface area contributed by atoms with Crippen molar-refractivity contribution in [2.75, 3.05) is 39.4 Å². The highest BCUT2D eigenvalue weighted by Crippen LogP contribution is 2.03. The van der Waals surface area contributed by atoms with Gasteiger partial charge in [0, 0.05) is 25.2 Å². The van der Waals surface area contributed by atoms with E-state index in [0.717, 1.165) is 50.5 Å². The molecule has 0 atom stereocenters. The molecule has 1 radical (unpaired) electrons. The van der Waals surface area contributed by atoms with Crippen LogP contribution in [0, 0.1) is 18.8 Å². The largest absolute Gasteiger partial charge is 0.379 e. The molecule has 3 heteroatoms. The fourth-order valence-corrected chi connectivity index (χ4v) is 2.07. The number of ether oxygens (including phenoxy) is 1. The third-order valence-corrected chi connectivity index (χ3v) is 3.20. The molecule has 0 unspecified atom stereocenters. The van der Waals surface area contributed by atoms with Gasteiger partial charge in [0.15, 0.2) is 0 Å². The monoisotopic (exact) mass is 257 g/mol. The molecule has 0 bridgehead atoms. The number of hydrazine groups is 1. The molecule has 1 aromatic carbocycles. The number of hydrogen-bond donors (Lipinski definition) is 0. The van der Waals surface area contributed by atoms with Crippen LogP contribution in [0.5, 0.6) is 0 Å². The van der Waals surface area contributed by atoms with E-state index in [4.69, 9.17) is 4.74 Å². The molecule has 0 aromatic heterocycles. The molecule has 0 saturated carbocycles. The minimum absolute atomic E-state index is 0.766. The second kappa shape index (κ2) is 7.30. The second-order valence-corrected chi connectivity index (χ2v) is 4.55. The number of hydrogen-bond acceptors (Lipinski definition) is 3. The van der Waals surface area contributed by atoms with Crippen molar-refractivity contribution in [3.8, 4) is 11.8 Å². The van der Waals surface area contributed by atoms with E-state index in [2.05, 4.69) is 35.7 Å². The molecule has 0 amide bonds. The summed E-state index contributed by atoms with van der Waals surface area (Å²) >= 11 is 0. The van der Waals surface area contributed by atoms with E-state index in [-0.39, 0.29) is 0 Å². The van der Waals surface area contributed by atoms with Gasteiger partial charge in [-0.3, -0.25) is 0 Å². The van der Waals surface area contributed by atoms with E-state index in [0.29, 0.717) is 0 Å². The molecule has 1 aliphatic heterocycles. The van der Waals surface area contributed by atoms with E-state index in [9.17, 15) is 0 Å². The molecule has 1 heterocycles. The first-order valence-electron chi connectivity index (χ1n) is 6.78. The summed E-state index contributed by atoms with van der Waals surface area (Å²) < 4.78 is 5.37. The highest BCUT2D eigenvalue weighted by atomic mass is 16.5. The summed E-state index contributed by atoms with van der Waals surface area (Å²) in [4.78, 5) is 0. The fraction of sp³-hybridized carbons (Fsp3) is 0.438. The molecule has 1 fully saturated rings. The highest BCUT2D eigenvalue weighted by Gasteiger charge is 2.15. The molecule has 3 nitrogen and oxygen atoms in total. The van der Waals surface area contributed by atoms with Crippen molar-refractivity contribution in [2.24, 2.45) is 0 Å². The average Bonchev–Trinajstić information content (AvgIpc) is 2.46. The van der Waals surface area contributed by atoms with E-state index >= 15 is 0 Å². The third-order valence-electron chi connectivity index (χ3n) is 3.20. The Morgan fingerprint density at radius 1 is 1.26 bits per heavy atom. The Hall–Kier alpha value is -1.34. The van der Waals surface area contributed by atoms with Gasteiger partial charge in [-0.15, -0.1) is 0 Å². The molecular formula is C16H21N2O. The van der Waals surface area contributed by atoms with E-state index in [1.54, 1.807) is 0 Å². The van der Waals surface area contributed by atoms with Crippen LogP contribution in [0.15, 0.2) is 24.3 Å². The summed E-state index contributed by atoms with van der Waals surface area (Å²) in [6.45, 7) is 11.3. The molecule has 2 rings (SSSR count). The molecule has 1 aromatic rings. The molecule has 101 valence electrons. The van der Waals surface area contributed by atoms with E-state index in [1.807, 2.05) is 24.3 Å². The Balaban J connectivity index is 1.90. The maximum absolute atomic E-state index is 5.37. The topological polar surface area (TPSA) is 15.7 Å². The van der Waals surface area contributed by atoms with Crippen LogP contribution in [0.4, 0.5) is 0 Å². The lowest BCUT2D eigenvalue weighted by Crippen LogP contribution is -2.48. The molecule has 1 saturated heterocycles. The van der Waals surface area contributed by atoms with E-state index < -0.39 is 0 Å². The quantitative estimate of drug-likeness (QED) is 0.768. The first-order valence-corrected chi connectivity index (χ1v) is 6.78. The second-order valence-electron chi connectivity index (χ2n) is 4.55. The van der Waals surface area contributed by atoms with Gasteiger partial charge in [0.25, 0.3) is 0 Å². The fourth-order valence-electron chi connectivity index (χ4n) is 2.07. The number of nitrogens with zero attached hydrogens (tertiary/aromatic N) is 2. The highest BCUT2D eigenvalue weighted by molar-refractivity contribution is 5.36. The molecule has 19 heavy (non-hydrogen) atoms. The summed E-state index contributed by atoms with van der Waals surface area (Å²) in [7, 11) is 0. The van der Waals surface area contributed by atoms with Crippen LogP contribution in [0.1, 0.15) is 18.1 Å². The first kappa shape index (κ1) is 14.1. The maximum Gasteiger partial charge on any atom is 0.0748 e. The summed E-state index contributed by atoms with van der Waals surface area (Å²) in [5.41, 5.74) is 2.07. The molecule has 0 N–H and O–H groups in total. The Morgan fingerprint density at radius 2 is 1.95 bits per heavy atom. The molecule has 1 aliphatic rings. The van der Waals surface area contributed by atoms with Crippen molar-refractivity contribution < 1.29 is 4.74 Å². The van der Waals surface area contributed by atoms with Gasteiger partial charge in [-0.1, -0.05) is 30.9 Å². The molecule has 0 spiro atoms. The van der Waals surface area contributed by atoms with Gasteiger partial charge in [-0.05, 0) is 24.6 Å². The standard InChI is InChI=1S/C16H21N2O/c1-3-17(18-11-13-19-14-12-18)10-4-5-16-8-6-15(2)7-9-16/h6-9H,2-3,10-14H2,1H3. The predicted octanol–water partition coefficient (Wildman–Crippen LogP) is 1.79. The summed E-state index contributed by atoms with van der Waals surface area (Å²) in [5, 5.41) is 4.61. The Labute approximate surface area is 116 Å². The Kier molecular flexibility index (Phi) is 5.41. The van der Waals surface area contributed by atoms with Crippen LogP contribution in [0.2, 0.25) is 0 Å². The lowest BCUT2D eigenvalue weighted by Gasteiger charge is -2.35. The zero-order chi connectivity index (χ0) is 13.5. The van der Waals surface area contributed by atoms with Crippen LogP contribution in [-0.4, -0.2) is 49.4 Å². The van der Waals surface area contributed by atoms with Gasteiger partial charge in [0.1, 0.15) is 0 Å². The third kappa shape index (κ3) is 4.36. The van der Waals surface area contributed by atoms with E-state index in [1.165, 1.54) is 0 Å². The lowest BCUT2D eigenvalue weighted by atomic mass is 10.1. The van der Waals surface area contributed by atoms with Gasteiger partial charge in [0.2, 0.25) is 0 Å². The Morgan fingerprint density at radius 3 is 2.58 bits per heavy atom. The van der Waals surface area contributed by atoms with Crippen molar-refractivity contribution in [3.05, 3.63) is 42.3 Å². The van der Waals surface area contributed by atoms with Crippen LogP contribution < -0.4 is 0 Å². The average molecular weight is 257 g/mol.